The van der Waals surface area contributed by atoms with E-state index in [2.05, 4.69) is 4.37 Å². The second kappa shape index (κ2) is 6.53. The van der Waals surface area contributed by atoms with Crippen molar-refractivity contribution in [2.24, 2.45) is 17.1 Å². The number of aryl methyl sites for hydroxylation is 1. The van der Waals surface area contributed by atoms with E-state index in [-0.39, 0.29) is 29.3 Å². The highest BCUT2D eigenvalue weighted by molar-refractivity contribution is 7.11. The van der Waals surface area contributed by atoms with E-state index in [1.807, 2.05) is 20.8 Å². The molecule has 0 saturated carbocycles. The first-order valence-corrected chi connectivity index (χ1v) is 7.53. The molecule has 0 fully saturated rings. The summed E-state index contributed by atoms with van der Waals surface area (Å²) in [6.45, 7) is 7.99. The maximum Gasteiger partial charge on any atom is 0.340 e. The molecule has 1 aromatic rings. The molecule has 1 unspecified atom stereocenters. The topological polar surface area (TPSA) is 96.5 Å². The highest BCUT2D eigenvalue weighted by atomic mass is 32.1. The van der Waals surface area contributed by atoms with Crippen molar-refractivity contribution in [3.63, 3.8) is 0 Å². The van der Waals surface area contributed by atoms with Crippen molar-refractivity contribution in [2.45, 2.75) is 34.1 Å². The minimum atomic E-state index is -1.07. The van der Waals surface area contributed by atoms with E-state index in [0.717, 1.165) is 11.5 Å². The predicted octanol–water partition coefficient (Wildman–Crippen LogP) is 2.12. The van der Waals surface area contributed by atoms with Gasteiger partial charge in [0, 0.05) is 13.6 Å². The Kier molecular flexibility index (Phi) is 5.47. The Bertz CT molecular complexity index is 534. The Labute approximate surface area is 129 Å². The van der Waals surface area contributed by atoms with Crippen LogP contribution in [0.15, 0.2) is 0 Å². The molecule has 0 aliphatic rings. The molecule has 0 bridgehead atoms. The molecule has 0 aromatic carbocycles. The van der Waals surface area contributed by atoms with Crippen molar-refractivity contribution in [3.8, 4) is 0 Å². The van der Waals surface area contributed by atoms with Crippen LogP contribution in [0.5, 0.6) is 0 Å². The van der Waals surface area contributed by atoms with Crippen molar-refractivity contribution in [2.75, 3.05) is 18.5 Å². The lowest BCUT2D eigenvalue weighted by Gasteiger charge is -2.27. The first-order chi connectivity index (χ1) is 9.58. The van der Waals surface area contributed by atoms with Crippen LogP contribution in [0, 0.1) is 18.3 Å². The minimum Gasteiger partial charge on any atom is -0.478 e. The molecule has 0 radical (unpaired) electrons. The number of nitrogens with zero attached hydrogens (tertiary/aromatic N) is 2. The van der Waals surface area contributed by atoms with E-state index in [4.69, 9.17) is 5.73 Å². The fourth-order valence-corrected chi connectivity index (χ4v) is 3.07. The van der Waals surface area contributed by atoms with E-state index in [1.165, 1.54) is 4.90 Å². The average Bonchev–Trinajstić information content (AvgIpc) is 2.75. The molecule has 1 amide bonds. The molecular weight excluding hydrogens is 290 g/mol. The van der Waals surface area contributed by atoms with E-state index < -0.39 is 5.97 Å². The number of rotatable bonds is 5. The zero-order valence-corrected chi connectivity index (χ0v) is 14.0. The van der Waals surface area contributed by atoms with Gasteiger partial charge in [0.15, 0.2) is 0 Å². The van der Waals surface area contributed by atoms with Crippen molar-refractivity contribution in [1.29, 1.82) is 0 Å². The van der Waals surface area contributed by atoms with E-state index in [9.17, 15) is 14.7 Å². The number of anilines is 1. The molecule has 0 aliphatic heterocycles. The third-order valence-electron chi connectivity index (χ3n) is 3.19. The first-order valence-electron chi connectivity index (χ1n) is 6.75. The highest BCUT2D eigenvalue weighted by Crippen LogP contribution is 2.31. The largest absolute Gasteiger partial charge is 0.478 e. The van der Waals surface area contributed by atoms with Gasteiger partial charge in [-0.1, -0.05) is 20.8 Å². The van der Waals surface area contributed by atoms with Gasteiger partial charge >= 0.3 is 5.97 Å². The fraction of sp³-hybridized carbons (Fsp3) is 0.643. The molecule has 118 valence electrons. The van der Waals surface area contributed by atoms with E-state index in [0.29, 0.717) is 17.1 Å². The van der Waals surface area contributed by atoms with Crippen LogP contribution in [0.25, 0.3) is 0 Å². The zero-order chi connectivity index (χ0) is 16.4. The Morgan fingerprint density at radius 3 is 2.43 bits per heavy atom. The Hall–Kier alpha value is -1.47. The molecule has 7 heteroatoms. The molecule has 0 spiro atoms. The summed E-state index contributed by atoms with van der Waals surface area (Å²) in [5.41, 5.74) is 6.20. The Balaban J connectivity index is 3.04. The van der Waals surface area contributed by atoms with Crippen LogP contribution in [-0.4, -0.2) is 34.9 Å². The van der Waals surface area contributed by atoms with Gasteiger partial charge in [0.05, 0.1) is 11.6 Å². The number of carbonyl (C=O) groups is 2. The van der Waals surface area contributed by atoms with Gasteiger partial charge in [0.2, 0.25) is 5.91 Å². The fourth-order valence-electron chi connectivity index (χ4n) is 2.22. The van der Waals surface area contributed by atoms with Gasteiger partial charge in [-0.15, -0.1) is 0 Å². The molecular formula is C14H23N3O3S. The molecule has 6 nitrogen and oxygen atoms in total. The van der Waals surface area contributed by atoms with Gasteiger partial charge in [-0.05, 0) is 30.3 Å². The van der Waals surface area contributed by atoms with Crippen LogP contribution in [0.3, 0.4) is 0 Å². The maximum absolute atomic E-state index is 12.6. The number of aromatic carboxylic acids is 1. The van der Waals surface area contributed by atoms with Crippen molar-refractivity contribution < 1.29 is 14.7 Å². The zero-order valence-electron chi connectivity index (χ0n) is 13.1. The van der Waals surface area contributed by atoms with Crippen LogP contribution < -0.4 is 10.6 Å². The molecule has 0 aliphatic carbocycles. The third kappa shape index (κ3) is 4.25. The standard InChI is InChI=1S/C14H23N3O3S/c1-8-10(13(19)20)12(21-16-8)17(5)11(18)9(7-15)6-14(2,3)4/h9H,6-7,15H2,1-5H3,(H,19,20). The summed E-state index contributed by atoms with van der Waals surface area (Å²) in [4.78, 5) is 25.2. The number of nitrogens with two attached hydrogens (primary N) is 1. The Morgan fingerprint density at radius 1 is 1.43 bits per heavy atom. The van der Waals surface area contributed by atoms with Gasteiger partial charge in [-0.25, -0.2) is 4.79 Å². The first kappa shape index (κ1) is 17.6. The molecule has 21 heavy (non-hydrogen) atoms. The summed E-state index contributed by atoms with van der Waals surface area (Å²) in [6, 6.07) is 0. The molecule has 1 aromatic heterocycles. The monoisotopic (exact) mass is 313 g/mol. The summed E-state index contributed by atoms with van der Waals surface area (Å²) in [7, 11) is 1.58. The van der Waals surface area contributed by atoms with Crippen molar-refractivity contribution >= 4 is 28.4 Å². The molecule has 3 N–H and O–H groups in total. The summed E-state index contributed by atoms with van der Waals surface area (Å²) < 4.78 is 4.04. The quantitative estimate of drug-likeness (QED) is 0.868. The van der Waals surface area contributed by atoms with E-state index >= 15 is 0 Å². The lowest BCUT2D eigenvalue weighted by Crippen LogP contribution is -2.38. The third-order valence-corrected chi connectivity index (χ3v) is 4.20. The van der Waals surface area contributed by atoms with E-state index in [1.54, 1.807) is 14.0 Å². The van der Waals surface area contributed by atoms with Crippen molar-refractivity contribution in [3.05, 3.63) is 11.3 Å². The van der Waals surface area contributed by atoms with Gasteiger partial charge < -0.3 is 15.7 Å². The molecule has 1 atom stereocenters. The number of carboxylic acids is 1. The lowest BCUT2D eigenvalue weighted by atomic mass is 9.84. The average molecular weight is 313 g/mol. The SMILES string of the molecule is Cc1nsc(N(C)C(=O)C(CN)CC(C)(C)C)c1C(=O)O. The van der Waals surface area contributed by atoms with Crippen LogP contribution in [0.2, 0.25) is 0 Å². The van der Waals surface area contributed by atoms with Gasteiger partial charge in [-0.3, -0.25) is 4.79 Å². The summed E-state index contributed by atoms with van der Waals surface area (Å²) in [6.07, 6.45) is 0.646. The van der Waals surface area contributed by atoms with Gasteiger partial charge in [0.1, 0.15) is 10.6 Å². The molecule has 1 heterocycles. The minimum absolute atomic E-state index is 0.0280. The number of carbonyl (C=O) groups excluding carboxylic acids is 1. The second-order valence-corrected chi connectivity index (χ2v) is 7.10. The number of aromatic nitrogens is 1. The second-order valence-electron chi connectivity index (χ2n) is 6.35. The van der Waals surface area contributed by atoms with Crippen LogP contribution in [-0.2, 0) is 4.79 Å². The lowest BCUT2D eigenvalue weighted by molar-refractivity contribution is -0.122. The number of carboxylic acid groups (broad SMARTS) is 1. The van der Waals surface area contributed by atoms with Crippen LogP contribution >= 0.6 is 11.5 Å². The van der Waals surface area contributed by atoms with Gasteiger partial charge in [0.25, 0.3) is 0 Å². The molecule has 1 rings (SSSR count). The van der Waals surface area contributed by atoms with Gasteiger partial charge in [-0.2, -0.15) is 4.37 Å². The van der Waals surface area contributed by atoms with Crippen LogP contribution in [0.1, 0.15) is 43.2 Å². The maximum atomic E-state index is 12.6. The summed E-state index contributed by atoms with van der Waals surface area (Å²) in [5.74, 6) is -1.58. The smallest absolute Gasteiger partial charge is 0.340 e. The highest BCUT2D eigenvalue weighted by Gasteiger charge is 2.30. The molecule has 0 saturated heterocycles. The number of hydrogen-bond acceptors (Lipinski definition) is 5. The number of amides is 1. The predicted molar refractivity (Wildman–Crippen MR) is 83.8 cm³/mol. The summed E-state index contributed by atoms with van der Waals surface area (Å²) >= 11 is 1.02. The van der Waals surface area contributed by atoms with Crippen molar-refractivity contribution in [1.82, 2.24) is 4.37 Å². The number of hydrogen-bond donors (Lipinski definition) is 2. The summed E-state index contributed by atoms with van der Waals surface area (Å²) in [5, 5.41) is 9.61. The van der Waals surface area contributed by atoms with Crippen LogP contribution in [0.4, 0.5) is 5.00 Å². The normalized spacial score (nSPS) is 13.0. The Morgan fingerprint density at radius 2 is 2.00 bits per heavy atom.